The molecule has 0 saturated carbocycles. The quantitative estimate of drug-likeness (QED) is 0.271. The number of thiol groups is 1. The van der Waals surface area contributed by atoms with Crippen molar-refractivity contribution in [1.29, 1.82) is 0 Å². The Kier molecular flexibility index (Phi) is 9.16. The Labute approximate surface area is 98.8 Å². The largest absolute Gasteiger partial charge is 0.624 e. The molecule has 0 rings (SSSR count). The van der Waals surface area contributed by atoms with Gasteiger partial charge < -0.3 is 4.55 Å². The Balaban J connectivity index is 3.75. The van der Waals surface area contributed by atoms with E-state index in [1.165, 1.54) is 39.3 Å². The van der Waals surface area contributed by atoms with Crippen molar-refractivity contribution in [3.63, 3.8) is 0 Å². The SMILES string of the molecule is B[S+]([O-])S(=S)(=S)SSSSS. The third-order valence-electron chi connectivity index (χ3n) is 0.457. The number of rotatable bonds is 5. The summed E-state index contributed by atoms with van der Waals surface area (Å²) in [5.41, 5.74) is 0. The van der Waals surface area contributed by atoms with Crippen LogP contribution in [0, 0.1) is 0 Å². The van der Waals surface area contributed by atoms with Crippen LogP contribution in [0.25, 0.3) is 0 Å². The summed E-state index contributed by atoms with van der Waals surface area (Å²) in [5.74, 6) is 0. The van der Waals surface area contributed by atoms with E-state index in [0.717, 1.165) is 0 Å². The Bertz CT molecular complexity index is 178. The molecule has 0 bridgehead atoms. The fourth-order valence-corrected chi connectivity index (χ4v) is 17.2. The summed E-state index contributed by atoms with van der Waals surface area (Å²) in [5, 5.41) is -1.82. The maximum atomic E-state index is 10.9. The number of hydrogen-bond donors (Lipinski definition) is 1. The molecule has 1 unspecified atom stereocenters. The minimum atomic E-state index is -1.82. The predicted molar refractivity (Wildman–Crippen MR) is 78.1 cm³/mol. The molecule has 0 aliphatic rings. The van der Waals surface area contributed by atoms with Crippen LogP contribution in [0.1, 0.15) is 0 Å². The summed E-state index contributed by atoms with van der Waals surface area (Å²) in [6.07, 6.45) is 0. The molecule has 66 valence electrons. The van der Waals surface area contributed by atoms with Gasteiger partial charge in [-0.25, -0.2) is 0 Å². The molecule has 1 nitrogen and oxygen atoms in total. The van der Waals surface area contributed by atoms with Crippen molar-refractivity contribution in [3.8, 4) is 0 Å². The van der Waals surface area contributed by atoms with Crippen LogP contribution in [0.15, 0.2) is 0 Å². The summed E-state index contributed by atoms with van der Waals surface area (Å²) in [4.78, 5) is 0. The van der Waals surface area contributed by atoms with Crippen LogP contribution in [0.4, 0.5) is 0 Å². The highest BCUT2D eigenvalue weighted by atomic mass is 34.0. The van der Waals surface area contributed by atoms with Gasteiger partial charge in [0, 0.05) is 42.0 Å². The van der Waals surface area contributed by atoms with E-state index < -0.39 is 15.3 Å². The molecule has 1 atom stereocenters. The van der Waals surface area contributed by atoms with Crippen molar-refractivity contribution in [1.82, 2.24) is 0 Å². The van der Waals surface area contributed by atoms with E-state index in [1.54, 1.807) is 7.12 Å². The molecule has 0 heterocycles. The summed E-state index contributed by atoms with van der Waals surface area (Å²) in [7, 11) is 6.06. The molecule has 0 radical (unpaired) electrons. The van der Waals surface area contributed by atoms with Gasteiger partial charge >= 0.3 is 7.12 Å². The van der Waals surface area contributed by atoms with Gasteiger partial charge in [0.05, 0.1) is 0 Å². The van der Waals surface area contributed by atoms with Crippen LogP contribution in [-0.4, -0.2) is 11.7 Å². The lowest BCUT2D eigenvalue weighted by atomic mass is 10.8. The highest BCUT2D eigenvalue weighted by Crippen LogP contribution is 2.48. The standard InChI is InChI=1S/BH3OS9/c1-10(2)11(4,5)9-8-7-6-3/h3H,1H2. The first-order valence-electron chi connectivity index (χ1n) is 1.92. The Hall–Kier alpha value is 2.91. The first-order valence-corrected chi connectivity index (χ1v) is 13.9. The van der Waals surface area contributed by atoms with Gasteiger partial charge in [0.25, 0.3) is 0 Å². The molecule has 0 saturated heterocycles. The number of hydrogen-bond acceptors (Lipinski definition) is 8. The van der Waals surface area contributed by atoms with Crippen molar-refractivity contribution in [2.75, 3.05) is 0 Å². The highest BCUT2D eigenvalue weighted by Gasteiger charge is 2.13. The lowest BCUT2D eigenvalue weighted by molar-refractivity contribution is 0.621. The third kappa shape index (κ3) is 6.92. The van der Waals surface area contributed by atoms with Crippen molar-refractivity contribution in [3.05, 3.63) is 0 Å². The van der Waals surface area contributed by atoms with E-state index >= 15 is 0 Å². The van der Waals surface area contributed by atoms with E-state index in [1.807, 2.05) is 0 Å². The first-order chi connectivity index (χ1) is 5.00. The van der Waals surface area contributed by atoms with E-state index in [4.69, 9.17) is 22.4 Å². The van der Waals surface area contributed by atoms with Gasteiger partial charge in [-0.2, -0.15) is 0 Å². The van der Waals surface area contributed by atoms with Crippen molar-refractivity contribution in [2.24, 2.45) is 0 Å². The van der Waals surface area contributed by atoms with Gasteiger partial charge in [-0.05, 0) is 19.7 Å². The third-order valence-corrected chi connectivity index (χ3v) is 21.5. The van der Waals surface area contributed by atoms with Gasteiger partial charge in [-0.1, -0.05) is 21.7 Å². The monoisotopic (exact) mass is 318 g/mol. The molecule has 11 heavy (non-hydrogen) atoms. The molecule has 0 amide bonds. The van der Waals surface area contributed by atoms with E-state index in [-0.39, 0.29) is 0 Å². The minimum Gasteiger partial charge on any atom is -0.624 e. The van der Waals surface area contributed by atoms with Gasteiger partial charge in [0.1, 0.15) is 5.21 Å². The predicted octanol–water partition coefficient (Wildman–Crippen LogP) is 1.71. The van der Waals surface area contributed by atoms with Crippen molar-refractivity contribution < 1.29 is 4.55 Å². The normalized spacial score (nSPS) is 14.7. The molecular weight excluding hydrogens is 315 g/mol. The second-order valence-corrected chi connectivity index (χ2v) is 21.2. The topological polar surface area (TPSA) is 23.1 Å². The zero-order valence-electron chi connectivity index (χ0n) is 5.12. The second-order valence-electron chi connectivity index (χ2n) is 1.09. The van der Waals surface area contributed by atoms with Crippen LogP contribution < -0.4 is 0 Å². The summed E-state index contributed by atoms with van der Waals surface area (Å²) >= 11 is 13.9. The first kappa shape index (κ1) is 13.9. The smallest absolute Gasteiger partial charge is 0.391 e. The molecule has 0 aliphatic heterocycles. The average Bonchev–Trinajstić information content (AvgIpc) is 1.88. The summed E-state index contributed by atoms with van der Waals surface area (Å²) < 4.78 is 10.9. The molecular formula is H3BOS9. The lowest BCUT2D eigenvalue weighted by Crippen LogP contribution is -2.06. The lowest BCUT2D eigenvalue weighted by Gasteiger charge is -2.09. The van der Waals surface area contributed by atoms with E-state index in [9.17, 15) is 4.55 Å². The van der Waals surface area contributed by atoms with E-state index in [0.29, 0.717) is 0 Å². The van der Waals surface area contributed by atoms with E-state index in [2.05, 4.69) is 11.7 Å². The Morgan fingerprint density at radius 2 is 2.00 bits per heavy atom. The Morgan fingerprint density at radius 3 is 2.36 bits per heavy atom. The molecule has 0 N–H and O–H groups in total. The van der Waals surface area contributed by atoms with Crippen LogP contribution in [0.3, 0.4) is 0 Å². The van der Waals surface area contributed by atoms with Crippen LogP contribution in [-0.2, 0) is 37.6 Å². The zero-order valence-corrected chi connectivity index (χ0v) is 12.5. The Morgan fingerprint density at radius 1 is 1.45 bits per heavy atom. The fraction of sp³-hybridized carbons (Fsp3) is 0. The molecule has 0 aromatic carbocycles. The zero-order chi connectivity index (χ0) is 8.91. The average molecular weight is 318 g/mol. The van der Waals surface area contributed by atoms with Crippen LogP contribution in [0.2, 0.25) is 0 Å². The van der Waals surface area contributed by atoms with Crippen molar-refractivity contribution >= 4 is 95.7 Å². The maximum Gasteiger partial charge on any atom is 0.391 e. The van der Waals surface area contributed by atoms with Crippen LogP contribution >= 0.6 is 51.0 Å². The van der Waals surface area contributed by atoms with Gasteiger partial charge in [-0.3, -0.25) is 0 Å². The molecule has 0 aromatic rings. The van der Waals surface area contributed by atoms with Gasteiger partial charge in [0.2, 0.25) is 0 Å². The molecule has 0 aliphatic carbocycles. The highest BCUT2D eigenvalue weighted by molar-refractivity contribution is 9.49. The molecule has 0 aromatic heterocycles. The van der Waals surface area contributed by atoms with Crippen LogP contribution in [0.5, 0.6) is 0 Å². The molecule has 11 heteroatoms. The summed E-state index contributed by atoms with van der Waals surface area (Å²) in [6.45, 7) is 0. The molecule has 0 fully saturated rings. The van der Waals surface area contributed by atoms with Gasteiger partial charge in [0.15, 0.2) is 0 Å². The second kappa shape index (κ2) is 7.24. The minimum absolute atomic E-state index is 1.07. The van der Waals surface area contributed by atoms with Crippen molar-refractivity contribution in [2.45, 2.75) is 0 Å². The summed E-state index contributed by atoms with van der Waals surface area (Å²) in [6, 6.07) is 0. The van der Waals surface area contributed by atoms with Gasteiger partial charge in [-0.15, -0.1) is 0 Å². The molecule has 0 spiro atoms. The maximum absolute atomic E-state index is 10.9. The fourth-order valence-electron chi connectivity index (χ4n) is 0.0969.